The molecule has 1 atom stereocenters. The van der Waals surface area contributed by atoms with Gasteiger partial charge in [-0.3, -0.25) is 0 Å². The van der Waals surface area contributed by atoms with Crippen LogP contribution in [0, 0.1) is 6.92 Å². The molecule has 2 rings (SSSR count). The summed E-state index contributed by atoms with van der Waals surface area (Å²) in [5.74, 6) is 0. The summed E-state index contributed by atoms with van der Waals surface area (Å²) in [5, 5.41) is 3.27. The van der Waals surface area contributed by atoms with Crippen molar-refractivity contribution in [1.29, 1.82) is 0 Å². The van der Waals surface area contributed by atoms with Crippen molar-refractivity contribution in [2.75, 3.05) is 13.1 Å². The zero-order chi connectivity index (χ0) is 13.2. The van der Waals surface area contributed by atoms with Crippen molar-refractivity contribution in [2.24, 2.45) is 0 Å². The first-order valence-corrected chi connectivity index (χ1v) is 8.26. The van der Waals surface area contributed by atoms with Crippen molar-refractivity contribution in [2.45, 2.75) is 30.7 Å². The fourth-order valence-corrected chi connectivity index (χ4v) is 3.95. The van der Waals surface area contributed by atoms with E-state index in [0.717, 1.165) is 29.4 Å². The number of hydrogen-bond donors (Lipinski definition) is 2. The quantitative estimate of drug-likeness (QED) is 0.855. The van der Waals surface area contributed by atoms with Crippen molar-refractivity contribution in [3.63, 3.8) is 0 Å². The highest BCUT2D eigenvalue weighted by Gasteiger charge is 2.20. The third kappa shape index (κ3) is 4.43. The molecule has 0 aromatic heterocycles. The van der Waals surface area contributed by atoms with Gasteiger partial charge >= 0.3 is 0 Å². The molecule has 7 heteroatoms. The van der Waals surface area contributed by atoms with Gasteiger partial charge in [0.15, 0.2) is 0 Å². The van der Waals surface area contributed by atoms with Crippen LogP contribution in [0.25, 0.3) is 0 Å². The van der Waals surface area contributed by atoms with Crippen molar-refractivity contribution in [3.8, 4) is 0 Å². The van der Waals surface area contributed by atoms with Gasteiger partial charge in [-0.2, -0.15) is 0 Å². The fraction of sp³-hybridized carbons (Fsp3) is 0.500. The number of hydrogen-bond acceptors (Lipinski definition) is 3. The molecule has 1 aliphatic rings. The first-order chi connectivity index (χ1) is 8.49. The molecule has 1 aromatic carbocycles. The molecule has 0 amide bonds. The molecule has 0 bridgehead atoms. The molecule has 0 spiro atoms. The lowest BCUT2D eigenvalue weighted by atomic mass is 10.2. The Morgan fingerprint density at radius 1 is 1.47 bits per heavy atom. The third-order valence-electron chi connectivity index (χ3n) is 3.12. The topological polar surface area (TPSA) is 58.2 Å². The molecule has 1 aliphatic heterocycles. The number of nitrogens with one attached hydrogen (secondary N) is 2. The van der Waals surface area contributed by atoms with Gasteiger partial charge in [0.25, 0.3) is 0 Å². The summed E-state index contributed by atoms with van der Waals surface area (Å²) in [6.45, 7) is 3.23. The summed E-state index contributed by atoms with van der Waals surface area (Å²) in [5.41, 5.74) is 0.755. The third-order valence-corrected chi connectivity index (χ3v) is 5.18. The van der Waals surface area contributed by atoms with Crippen LogP contribution < -0.4 is 10.0 Å². The summed E-state index contributed by atoms with van der Waals surface area (Å²) in [6, 6.07) is 5.53. The summed E-state index contributed by atoms with van der Waals surface area (Å²) in [6.07, 6.45) is 2.14. The van der Waals surface area contributed by atoms with E-state index in [-0.39, 0.29) is 18.4 Å². The normalized spacial score (nSPS) is 19.2. The Hall–Kier alpha value is -0.140. The zero-order valence-corrected chi connectivity index (χ0v) is 13.9. The minimum Gasteiger partial charge on any atom is -0.313 e. The van der Waals surface area contributed by atoms with E-state index in [9.17, 15) is 8.42 Å². The molecule has 108 valence electrons. The maximum absolute atomic E-state index is 12.2. The summed E-state index contributed by atoms with van der Waals surface area (Å²) < 4.78 is 27.8. The SMILES string of the molecule is Cc1ccc(Br)cc1S(=O)(=O)NCC1CCCN1.Cl. The Morgan fingerprint density at radius 3 is 2.84 bits per heavy atom. The molecule has 0 aliphatic carbocycles. The second-order valence-electron chi connectivity index (χ2n) is 4.55. The van der Waals surface area contributed by atoms with Crippen LogP contribution in [0.4, 0.5) is 0 Å². The van der Waals surface area contributed by atoms with E-state index in [1.54, 1.807) is 19.1 Å². The lowest BCUT2D eigenvalue weighted by Crippen LogP contribution is -2.37. The van der Waals surface area contributed by atoms with Crippen LogP contribution in [0.15, 0.2) is 27.6 Å². The van der Waals surface area contributed by atoms with Crippen LogP contribution in [0.3, 0.4) is 0 Å². The molecule has 0 radical (unpaired) electrons. The Morgan fingerprint density at radius 2 is 2.21 bits per heavy atom. The molecular weight excluding hydrogens is 352 g/mol. The molecule has 1 heterocycles. The molecule has 2 N–H and O–H groups in total. The molecule has 4 nitrogen and oxygen atoms in total. The van der Waals surface area contributed by atoms with Crippen molar-refractivity contribution in [3.05, 3.63) is 28.2 Å². The minimum atomic E-state index is -3.42. The highest BCUT2D eigenvalue weighted by molar-refractivity contribution is 9.10. The smallest absolute Gasteiger partial charge is 0.240 e. The average molecular weight is 370 g/mol. The van der Waals surface area contributed by atoms with Crippen LogP contribution in [0.2, 0.25) is 0 Å². The summed E-state index contributed by atoms with van der Waals surface area (Å²) >= 11 is 3.30. The van der Waals surface area contributed by atoms with Crippen LogP contribution in [-0.4, -0.2) is 27.5 Å². The Kier molecular flexibility index (Phi) is 6.26. The van der Waals surface area contributed by atoms with Gasteiger partial charge in [-0.25, -0.2) is 13.1 Å². The van der Waals surface area contributed by atoms with Gasteiger partial charge in [0.2, 0.25) is 10.0 Å². The fourth-order valence-electron chi connectivity index (χ4n) is 2.08. The maximum atomic E-state index is 12.2. The number of halogens is 2. The standard InChI is InChI=1S/C12H17BrN2O2S.ClH/c1-9-4-5-10(13)7-12(9)18(16,17)15-8-11-3-2-6-14-11;/h4-5,7,11,14-15H,2-3,6,8H2,1H3;1H. The lowest BCUT2D eigenvalue weighted by molar-refractivity contribution is 0.551. The summed E-state index contributed by atoms with van der Waals surface area (Å²) in [4.78, 5) is 0.342. The van der Waals surface area contributed by atoms with Gasteiger partial charge in [-0.1, -0.05) is 22.0 Å². The molecule has 1 aromatic rings. The van der Waals surface area contributed by atoms with Gasteiger partial charge in [-0.15, -0.1) is 12.4 Å². The number of aryl methyl sites for hydroxylation is 1. The van der Waals surface area contributed by atoms with Crippen molar-refractivity contribution >= 4 is 38.4 Å². The van der Waals surface area contributed by atoms with E-state index < -0.39 is 10.0 Å². The highest BCUT2D eigenvalue weighted by Crippen LogP contribution is 2.20. The molecular formula is C12H18BrClN2O2S. The van der Waals surface area contributed by atoms with Gasteiger partial charge in [0.1, 0.15) is 0 Å². The van der Waals surface area contributed by atoms with Crippen LogP contribution in [0.1, 0.15) is 18.4 Å². The Balaban J connectivity index is 0.00000180. The van der Waals surface area contributed by atoms with E-state index >= 15 is 0 Å². The first-order valence-electron chi connectivity index (χ1n) is 5.98. The second kappa shape index (κ2) is 7.04. The molecule has 1 saturated heterocycles. The van der Waals surface area contributed by atoms with Crippen LogP contribution in [-0.2, 0) is 10.0 Å². The van der Waals surface area contributed by atoms with Gasteiger partial charge in [0, 0.05) is 17.1 Å². The van der Waals surface area contributed by atoms with E-state index in [1.807, 2.05) is 6.07 Å². The Labute approximate surface area is 128 Å². The molecule has 1 fully saturated rings. The number of benzene rings is 1. The number of rotatable bonds is 4. The van der Waals surface area contributed by atoms with E-state index in [0.29, 0.717) is 11.4 Å². The molecule has 0 saturated carbocycles. The average Bonchev–Trinajstić information content (AvgIpc) is 2.83. The maximum Gasteiger partial charge on any atom is 0.240 e. The van der Waals surface area contributed by atoms with E-state index in [1.165, 1.54) is 0 Å². The predicted octanol–water partition coefficient (Wildman–Crippen LogP) is 2.21. The monoisotopic (exact) mass is 368 g/mol. The van der Waals surface area contributed by atoms with Gasteiger partial charge in [-0.05, 0) is 44.0 Å². The van der Waals surface area contributed by atoms with Crippen molar-refractivity contribution < 1.29 is 8.42 Å². The molecule has 1 unspecified atom stereocenters. The molecule has 19 heavy (non-hydrogen) atoms. The predicted molar refractivity (Wildman–Crippen MR) is 82.3 cm³/mol. The summed E-state index contributed by atoms with van der Waals surface area (Å²) in [7, 11) is -3.42. The largest absolute Gasteiger partial charge is 0.313 e. The highest BCUT2D eigenvalue weighted by atomic mass is 79.9. The van der Waals surface area contributed by atoms with Crippen molar-refractivity contribution in [1.82, 2.24) is 10.0 Å². The zero-order valence-electron chi connectivity index (χ0n) is 10.6. The second-order valence-corrected chi connectivity index (χ2v) is 7.21. The van der Waals surface area contributed by atoms with Crippen LogP contribution in [0.5, 0.6) is 0 Å². The van der Waals surface area contributed by atoms with Gasteiger partial charge < -0.3 is 5.32 Å². The van der Waals surface area contributed by atoms with Crippen LogP contribution >= 0.6 is 28.3 Å². The minimum absolute atomic E-state index is 0. The first kappa shape index (κ1) is 16.9. The number of sulfonamides is 1. The van der Waals surface area contributed by atoms with E-state index in [2.05, 4.69) is 26.0 Å². The lowest BCUT2D eigenvalue weighted by Gasteiger charge is -2.13. The Bertz CT molecular complexity index is 531. The van der Waals surface area contributed by atoms with E-state index in [4.69, 9.17) is 0 Å². The van der Waals surface area contributed by atoms with Gasteiger partial charge in [0.05, 0.1) is 4.90 Å².